The molecule has 0 spiro atoms. The highest BCUT2D eigenvalue weighted by Gasteiger charge is 2.16. The van der Waals surface area contributed by atoms with E-state index in [1.807, 2.05) is 19.1 Å². The summed E-state index contributed by atoms with van der Waals surface area (Å²) in [5.41, 5.74) is 1.91. The third-order valence-corrected chi connectivity index (χ3v) is 3.27. The van der Waals surface area contributed by atoms with E-state index in [2.05, 4.69) is 15.9 Å². The molecule has 0 aliphatic rings. The topological polar surface area (TPSA) is 52.4 Å². The molecule has 0 unspecified atom stereocenters. The first kappa shape index (κ1) is 13.5. The van der Waals surface area contributed by atoms with Gasteiger partial charge in [0, 0.05) is 11.4 Å². The van der Waals surface area contributed by atoms with Gasteiger partial charge in [-0.15, -0.1) is 0 Å². The molecule has 2 rings (SSSR count). The van der Waals surface area contributed by atoms with Crippen molar-refractivity contribution in [3.63, 3.8) is 0 Å². The Bertz CT molecular complexity index is 596. The van der Waals surface area contributed by atoms with Gasteiger partial charge in [-0.3, -0.25) is 10.1 Å². The molecule has 0 amide bonds. The Balaban J connectivity index is 2.33. The Hall–Kier alpha value is -1.88. The van der Waals surface area contributed by atoms with Gasteiger partial charge in [-0.1, -0.05) is 39.7 Å². The van der Waals surface area contributed by atoms with Gasteiger partial charge in [-0.2, -0.15) is 0 Å². The van der Waals surface area contributed by atoms with E-state index in [4.69, 9.17) is 4.74 Å². The summed E-state index contributed by atoms with van der Waals surface area (Å²) in [5.74, 6) is 0.832. The van der Waals surface area contributed by atoms with E-state index in [1.54, 1.807) is 24.3 Å². The molecule has 0 atom stereocenters. The second-order valence-corrected chi connectivity index (χ2v) is 4.67. The van der Waals surface area contributed by atoms with Gasteiger partial charge in [0.25, 0.3) is 0 Å². The minimum Gasteiger partial charge on any atom is -0.450 e. The van der Waals surface area contributed by atoms with Crippen LogP contribution in [-0.4, -0.2) is 4.92 Å². The van der Waals surface area contributed by atoms with Crippen molar-refractivity contribution in [1.29, 1.82) is 0 Å². The lowest BCUT2D eigenvalue weighted by atomic mass is 10.2. The minimum absolute atomic E-state index is 0.0301. The number of nitro groups is 1. The predicted molar refractivity (Wildman–Crippen MR) is 77.0 cm³/mol. The van der Waals surface area contributed by atoms with Crippen molar-refractivity contribution in [2.45, 2.75) is 12.3 Å². The second kappa shape index (κ2) is 5.84. The molecular formula is C14H12BrNO3. The Labute approximate surface area is 119 Å². The fourth-order valence-electron chi connectivity index (χ4n) is 1.61. The molecule has 5 heteroatoms. The van der Waals surface area contributed by atoms with Gasteiger partial charge in [0.15, 0.2) is 0 Å². The first-order valence-electron chi connectivity index (χ1n) is 5.68. The third kappa shape index (κ3) is 3.32. The molecule has 0 saturated carbocycles. The number of hydrogen-bond acceptors (Lipinski definition) is 3. The lowest BCUT2D eigenvalue weighted by Crippen LogP contribution is -1.94. The van der Waals surface area contributed by atoms with Crippen LogP contribution < -0.4 is 4.74 Å². The number of nitro benzene ring substituents is 1. The van der Waals surface area contributed by atoms with Crippen molar-refractivity contribution in [3.05, 3.63) is 63.7 Å². The molecule has 0 aliphatic carbocycles. The van der Waals surface area contributed by atoms with Crippen molar-refractivity contribution in [1.82, 2.24) is 0 Å². The maximum atomic E-state index is 11.0. The Kier molecular flexibility index (Phi) is 4.16. The number of ether oxygens (including phenoxy) is 1. The molecule has 0 bridgehead atoms. The number of nitrogens with zero attached hydrogens (tertiary/aromatic N) is 1. The van der Waals surface area contributed by atoms with E-state index in [0.717, 1.165) is 11.1 Å². The Morgan fingerprint density at radius 1 is 1.21 bits per heavy atom. The molecule has 0 aromatic heterocycles. The van der Waals surface area contributed by atoms with Gasteiger partial charge in [-0.25, -0.2) is 0 Å². The van der Waals surface area contributed by atoms with Crippen LogP contribution in [0.3, 0.4) is 0 Å². The fourth-order valence-corrected chi connectivity index (χ4v) is 1.96. The maximum Gasteiger partial charge on any atom is 0.311 e. The van der Waals surface area contributed by atoms with Gasteiger partial charge in [0.05, 0.1) is 4.92 Å². The zero-order valence-corrected chi connectivity index (χ0v) is 11.9. The van der Waals surface area contributed by atoms with Crippen molar-refractivity contribution < 1.29 is 9.66 Å². The highest BCUT2D eigenvalue weighted by Crippen LogP contribution is 2.32. The van der Waals surface area contributed by atoms with Gasteiger partial charge in [0.1, 0.15) is 5.75 Å². The van der Waals surface area contributed by atoms with Crippen LogP contribution >= 0.6 is 15.9 Å². The van der Waals surface area contributed by atoms with Crippen LogP contribution in [0.25, 0.3) is 0 Å². The van der Waals surface area contributed by atoms with E-state index >= 15 is 0 Å². The molecule has 98 valence electrons. The fraction of sp³-hybridized carbons (Fsp3) is 0.143. The van der Waals surface area contributed by atoms with Gasteiger partial charge in [-0.05, 0) is 30.7 Å². The zero-order chi connectivity index (χ0) is 13.8. The van der Waals surface area contributed by atoms with Crippen molar-refractivity contribution in [2.75, 3.05) is 0 Å². The molecule has 19 heavy (non-hydrogen) atoms. The maximum absolute atomic E-state index is 11.0. The average Bonchev–Trinajstić information content (AvgIpc) is 2.41. The van der Waals surface area contributed by atoms with E-state index in [0.29, 0.717) is 11.1 Å². The van der Waals surface area contributed by atoms with Gasteiger partial charge < -0.3 is 4.74 Å². The summed E-state index contributed by atoms with van der Waals surface area (Å²) in [5, 5.41) is 11.6. The molecule has 0 heterocycles. The summed E-state index contributed by atoms with van der Waals surface area (Å²) in [7, 11) is 0. The zero-order valence-electron chi connectivity index (χ0n) is 10.3. The molecule has 0 radical (unpaired) electrons. The lowest BCUT2D eigenvalue weighted by molar-refractivity contribution is -0.385. The first-order valence-corrected chi connectivity index (χ1v) is 6.80. The molecule has 2 aromatic rings. The highest BCUT2D eigenvalue weighted by molar-refractivity contribution is 9.08. The number of benzene rings is 2. The summed E-state index contributed by atoms with van der Waals surface area (Å²) < 4.78 is 5.57. The summed E-state index contributed by atoms with van der Waals surface area (Å²) in [6, 6.07) is 12.3. The standard InChI is InChI=1S/C14H12BrNO3/c1-10-2-5-12(6-3-10)19-14-7-4-11(9-15)8-13(14)16(17)18/h2-8H,9H2,1H3. The predicted octanol–water partition coefficient (Wildman–Crippen LogP) is 4.59. The number of hydrogen-bond donors (Lipinski definition) is 0. The smallest absolute Gasteiger partial charge is 0.311 e. The number of halogens is 1. The van der Waals surface area contributed by atoms with Gasteiger partial charge >= 0.3 is 5.69 Å². The van der Waals surface area contributed by atoms with Crippen LogP contribution in [0.15, 0.2) is 42.5 Å². The summed E-state index contributed by atoms with van der Waals surface area (Å²) in [6.45, 7) is 1.97. The van der Waals surface area contributed by atoms with Crippen molar-refractivity contribution in [3.8, 4) is 11.5 Å². The molecule has 0 fully saturated rings. The van der Waals surface area contributed by atoms with E-state index in [9.17, 15) is 10.1 Å². The normalized spacial score (nSPS) is 10.2. The SMILES string of the molecule is Cc1ccc(Oc2ccc(CBr)cc2[N+](=O)[O-])cc1. The monoisotopic (exact) mass is 321 g/mol. The molecule has 0 N–H and O–H groups in total. The third-order valence-electron chi connectivity index (χ3n) is 2.62. The summed E-state index contributed by atoms with van der Waals surface area (Å²) in [6.07, 6.45) is 0. The average molecular weight is 322 g/mol. The van der Waals surface area contributed by atoms with E-state index in [-0.39, 0.29) is 11.4 Å². The first-order chi connectivity index (χ1) is 9.10. The summed E-state index contributed by atoms with van der Waals surface area (Å²) in [4.78, 5) is 10.6. The molecule has 0 saturated heterocycles. The van der Waals surface area contributed by atoms with Crippen LogP contribution in [-0.2, 0) is 5.33 Å². The Morgan fingerprint density at radius 3 is 2.47 bits per heavy atom. The van der Waals surface area contributed by atoms with Gasteiger partial charge in [0.2, 0.25) is 5.75 Å². The van der Waals surface area contributed by atoms with Crippen LogP contribution in [0.2, 0.25) is 0 Å². The molecular weight excluding hydrogens is 310 g/mol. The lowest BCUT2D eigenvalue weighted by Gasteiger charge is -2.07. The van der Waals surface area contributed by atoms with Crippen LogP contribution in [0, 0.1) is 17.0 Å². The quantitative estimate of drug-likeness (QED) is 0.470. The van der Waals surface area contributed by atoms with E-state index < -0.39 is 4.92 Å². The van der Waals surface area contributed by atoms with Crippen LogP contribution in [0.5, 0.6) is 11.5 Å². The molecule has 2 aromatic carbocycles. The van der Waals surface area contributed by atoms with Crippen molar-refractivity contribution in [2.24, 2.45) is 0 Å². The Morgan fingerprint density at radius 2 is 1.89 bits per heavy atom. The highest BCUT2D eigenvalue weighted by atomic mass is 79.9. The number of aryl methyl sites for hydroxylation is 1. The van der Waals surface area contributed by atoms with Crippen molar-refractivity contribution >= 4 is 21.6 Å². The number of alkyl halides is 1. The molecule has 0 aliphatic heterocycles. The van der Waals surface area contributed by atoms with E-state index in [1.165, 1.54) is 6.07 Å². The molecule has 4 nitrogen and oxygen atoms in total. The summed E-state index contributed by atoms with van der Waals surface area (Å²) >= 11 is 3.28. The van der Waals surface area contributed by atoms with Crippen LogP contribution in [0.1, 0.15) is 11.1 Å². The minimum atomic E-state index is -0.435. The largest absolute Gasteiger partial charge is 0.450 e. The second-order valence-electron chi connectivity index (χ2n) is 4.11. The number of rotatable bonds is 4. The van der Waals surface area contributed by atoms with Crippen LogP contribution in [0.4, 0.5) is 5.69 Å².